The van der Waals surface area contributed by atoms with Gasteiger partial charge in [-0.05, 0) is 48.7 Å². The monoisotopic (exact) mass is 373 g/mol. The summed E-state index contributed by atoms with van der Waals surface area (Å²) in [4.78, 5) is 0. The van der Waals surface area contributed by atoms with Crippen molar-refractivity contribution in [1.82, 2.24) is 0 Å². The van der Waals surface area contributed by atoms with Gasteiger partial charge in [-0.15, -0.1) is 12.4 Å². The van der Waals surface area contributed by atoms with E-state index in [0.29, 0.717) is 5.92 Å². The van der Waals surface area contributed by atoms with Crippen LogP contribution in [0.15, 0.2) is 53.0 Å². The van der Waals surface area contributed by atoms with Crippen LogP contribution in [0.1, 0.15) is 24.0 Å². The van der Waals surface area contributed by atoms with Gasteiger partial charge >= 0.3 is 0 Å². The van der Waals surface area contributed by atoms with Crippen LogP contribution in [0.2, 0.25) is 5.02 Å². The molecule has 0 aliphatic carbocycles. The Hall–Kier alpha value is -0.540. The Morgan fingerprint density at radius 2 is 1.80 bits per heavy atom. The zero-order valence-corrected chi connectivity index (χ0v) is 14.4. The van der Waals surface area contributed by atoms with Crippen LogP contribution in [-0.2, 0) is 6.42 Å². The SMILES string of the molecule is CC(N)C(Cc1ccc(Cl)cc1)c1cccc(Br)c1.Cl. The molecule has 0 heterocycles. The Morgan fingerprint density at radius 3 is 2.35 bits per heavy atom. The minimum atomic E-state index is 0. The summed E-state index contributed by atoms with van der Waals surface area (Å²) in [7, 11) is 0. The van der Waals surface area contributed by atoms with Crippen LogP contribution in [0.4, 0.5) is 0 Å². The third-order valence-corrected chi connectivity index (χ3v) is 4.03. The van der Waals surface area contributed by atoms with Crippen LogP contribution in [0.25, 0.3) is 0 Å². The molecule has 2 aromatic carbocycles. The minimum absolute atomic E-state index is 0. The fourth-order valence-electron chi connectivity index (χ4n) is 2.22. The van der Waals surface area contributed by atoms with Gasteiger partial charge in [0.2, 0.25) is 0 Å². The van der Waals surface area contributed by atoms with Gasteiger partial charge in [0.05, 0.1) is 0 Å². The van der Waals surface area contributed by atoms with Crippen molar-refractivity contribution in [3.8, 4) is 0 Å². The Balaban J connectivity index is 0.00000200. The molecule has 0 spiro atoms. The van der Waals surface area contributed by atoms with Crippen molar-refractivity contribution >= 4 is 39.9 Å². The normalized spacial score (nSPS) is 13.4. The molecule has 4 heteroatoms. The molecule has 2 unspecified atom stereocenters. The summed E-state index contributed by atoms with van der Waals surface area (Å²) in [6.45, 7) is 2.06. The minimum Gasteiger partial charge on any atom is -0.327 e. The summed E-state index contributed by atoms with van der Waals surface area (Å²) in [5.74, 6) is 0.304. The zero-order valence-electron chi connectivity index (χ0n) is 11.2. The maximum Gasteiger partial charge on any atom is 0.0406 e. The van der Waals surface area contributed by atoms with Gasteiger partial charge in [0.15, 0.2) is 0 Å². The maximum absolute atomic E-state index is 6.16. The molecular weight excluding hydrogens is 357 g/mol. The second-order valence-electron chi connectivity index (χ2n) is 4.85. The highest BCUT2D eigenvalue weighted by molar-refractivity contribution is 9.10. The van der Waals surface area contributed by atoms with E-state index in [9.17, 15) is 0 Å². The van der Waals surface area contributed by atoms with Crippen molar-refractivity contribution in [2.24, 2.45) is 5.73 Å². The standard InChI is InChI=1S/C16H17BrClN.ClH/c1-11(19)16(13-3-2-4-14(17)10-13)9-12-5-7-15(18)8-6-12;/h2-8,10-11,16H,9,19H2,1H3;1H. The van der Waals surface area contributed by atoms with E-state index in [4.69, 9.17) is 17.3 Å². The predicted octanol–water partition coefficient (Wildman–Crippen LogP) is 5.20. The zero-order chi connectivity index (χ0) is 13.8. The number of nitrogens with two attached hydrogens (primary N) is 1. The summed E-state index contributed by atoms with van der Waals surface area (Å²) in [6.07, 6.45) is 0.922. The van der Waals surface area contributed by atoms with Gasteiger partial charge in [0, 0.05) is 21.5 Å². The van der Waals surface area contributed by atoms with Crippen molar-refractivity contribution in [3.63, 3.8) is 0 Å². The van der Waals surface area contributed by atoms with Crippen LogP contribution < -0.4 is 5.73 Å². The Labute approximate surface area is 140 Å². The molecule has 0 aliphatic heterocycles. The van der Waals surface area contributed by atoms with Crippen molar-refractivity contribution in [1.29, 1.82) is 0 Å². The first-order valence-corrected chi connectivity index (χ1v) is 7.49. The van der Waals surface area contributed by atoms with Gasteiger partial charge in [-0.3, -0.25) is 0 Å². The van der Waals surface area contributed by atoms with Gasteiger partial charge in [-0.2, -0.15) is 0 Å². The fraction of sp³-hybridized carbons (Fsp3) is 0.250. The largest absolute Gasteiger partial charge is 0.327 e. The van der Waals surface area contributed by atoms with E-state index in [1.807, 2.05) is 18.2 Å². The molecule has 0 fully saturated rings. The molecule has 0 saturated heterocycles. The molecular formula is C16H18BrCl2N. The van der Waals surface area contributed by atoms with Crippen LogP contribution in [0, 0.1) is 0 Å². The van der Waals surface area contributed by atoms with E-state index in [0.717, 1.165) is 15.9 Å². The smallest absolute Gasteiger partial charge is 0.0406 e. The fourth-order valence-corrected chi connectivity index (χ4v) is 2.76. The summed E-state index contributed by atoms with van der Waals surface area (Å²) < 4.78 is 1.09. The first-order chi connectivity index (χ1) is 9.06. The first kappa shape index (κ1) is 17.5. The lowest BCUT2D eigenvalue weighted by Crippen LogP contribution is -2.26. The van der Waals surface area contributed by atoms with E-state index >= 15 is 0 Å². The Bertz CT molecular complexity index is 540. The molecule has 0 saturated carbocycles. The number of hydrogen-bond acceptors (Lipinski definition) is 1. The molecule has 2 atom stereocenters. The molecule has 0 aliphatic rings. The van der Waals surface area contributed by atoms with Crippen molar-refractivity contribution in [3.05, 3.63) is 69.2 Å². The Kier molecular flexibility index (Phi) is 7.04. The maximum atomic E-state index is 6.16. The van der Waals surface area contributed by atoms with Crippen LogP contribution >= 0.6 is 39.9 Å². The highest BCUT2D eigenvalue weighted by Gasteiger charge is 2.17. The molecule has 108 valence electrons. The molecule has 2 aromatic rings. The molecule has 0 bridgehead atoms. The lowest BCUT2D eigenvalue weighted by atomic mass is 9.87. The van der Waals surface area contributed by atoms with Gasteiger partial charge in [-0.25, -0.2) is 0 Å². The van der Waals surface area contributed by atoms with E-state index in [2.05, 4.69) is 53.2 Å². The molecule has 20 heavy (non-hydrogen) atoms. The lowest BCUT2D eigenvalue weighted by Gasteiger charge is -2.21. The number of rotatable bonds is 4. The van der Waals surface area contributed by atoms with E-state index < -0.39 is 0 Å². The third-order valence-electron chi connectivity index (χ3n) is 3.28. The number of benzene rings is 2. The van der Waals surface area contributed by atoms with Gasteiger partial charge in [0.25, 0.3) is 0 Å². The summed E-state index contributed by atoms with van der Waals surface area (Å²) >= 11 is 9.43. The third kappa shape index (κ3) is 4.78. The average Bonchev–Trinajstić information content (AvgIpc) is 2.37. The molecule has 0 aromatic heterocycles. The summed E-state index contributed by atoms with van der Waals surface area (Å²) in [5, 5.41) is 0.767. The molecule has 0 radical (unpaired) electrons. The molecule has 2 rings (SSSR count). The predicted molar refractivity (Wildman–Crippen MR) is 92.9 cm³/mol. The van der Waals surface area contributed by atoms with Crippen molar-refractivity contribution in [2.45, 2.75) is 25.3 Å². The summed E-state index contributed by atoms with van der Waals surface area (Å²) in [6, 6.07) is 16.4. The van der Waals surface area contributed by atoms with E-state index in [1.54, 1.807) is 0 Å². The topological polar surface area (TPSA) is 26.0 Å². The number of halogens is 3. The first-order valence-electron chi connectivity index (χ1n) is 6.32. The quantitative estimate of drug-likeness (QED) is 0.782. The molecule has 1 nitrogen and oxygen atoms in total. The second-order valence-corrected chi connectivity index (χ2v) is 6.20. The van der Waals surface area contributed by atoms with Crippen LogP contribution in [-0.4, -0.2) is 6.04 Å². The summed E-state index contributed by atoms with van der Waals surface area (Å²) in [5.41, 5.74) is 8.67. The van der Waals surface area contributed by atoms with Gasteiger partial charge < -0.3 is 5.73 Å². The second kappa shape index (κ2) is 8.04. The highest BCUT2D eigenvalue weighted by atomic mass is 79.9. The van der Waals surface area contributed by atoms with E-state index in [1.165, 1.54) is 11.1 Å². The van der Waals surface area contributed by atoms with Crippen molar-refractivity contribution < 1.29 is 0 Å². The van der Waals surface area contributed by atoms with Gasteiger partial charge in [-0.1, -0.05) is 51.8 Å². The van der Waals surface area contributed by atoms with Gasteiger partial charge in [0.1, 0.15) is 0 Å². The van der Waals surface area contributed by atoms with Crippen LogP contribution in [0.5, 0.6) is 0 Å². The molecule has 2 N–H and O–H groups in total. The average molecular weight is 375 g/mol. The Morgan fingerprint density at radius 1 is 1.15 bits per heavy atom. The lowest BCUT2D eigenvalue weighted by molar-refractivity contribution is 0.565. The van der Waals surface area contributed by atoms with Crippen molar-refractivity contribution in [2.75, 3.05) is 0 Å². The number of hydrogen-bond donors (Lipinski definition) is 1. The van der Waals surface area contributed by atoms with E-state index in [-0.39, 0.29) is 18.4 Å². The molecule has 0 amide bonds. The van der Waals surface area contributed by atoms with Crippen LogP contribution in [0.3, 0.4) is 0 Å². The highest BCUT2D eigenvalue weighted by Crippen LogP contribution is 2.26.